The first kappa shape index (κ1) is 15.1. The lowest BCUT2D eigenvalue weighted by atomic mass is 10.1. The zero-order valence-corrected chi connectivity index (χ0v) is 10.9. The number of benzene rings is 1. The van der Waals surface area contributed by atoms with Crippen molar-refractivity contribution in [2.45, 2.75) is 32.0 Å². The summed E-state index contributed by atoms with van der Waals surface area (Å²) in [6, 6.07) is 4.17. The van der Waals surface area contributed by atoms with Gasteiger partial charge in [-0.2, -0.15) is 0 Å². The average molecular weight is 291 g/mol. The molecule has 112 valence electrons. The molecule has 1 heterocycles. The highest BCUT2D eigenvalue weighted by Crippen LogP contribution is 2.25. The monoisotopic (exact) mass is 291 g/mol. The van der Waals surface area contributed by atoms with Crippen LogP contribution in [0, 0.1) is 6.92 Å². The molecule has 0 aromatic heterocycles. The van der Waals surface area contributed by atoms with Gasteiger partial charge in [0.05, 0.1) is 32.0 Å². The number of halogens is 3. The van der Waals surface area contributed by atoms with Crippen LogP contribution in [0.15, 0.2) is 18.2 Å². The summed E-state index contributed by atoms with van der Waals surface area (Å²) in [4.78, 5) is 0. The molecule has 0 spiro atoms. The van der Waals surface area contributed by atoms with Gasteiger partial charge in [0.15, 0.2) is 0 Å². The van der Waals surface area contributed by atoms with Crippen LogP contribution in [-0.2, 0) is 16.1 Å². The van der Waals surface area contributed by atoms with Crippen LogP contribution in [0.1, 0.15) is 11.1 Å². The molecule has 2 unspecified atom stereocenters. The normalized spacial score (nSPS) is 23.1. The Hall–Kier alpha value is -1.31. The van der Waals surface area contributed by atoms with E-state index in [0.717, 1.165) is 0 Å². The van der Waals surface area contributed by atoms with Crippen molar-refractivity contribution in [3.8, 4) is 5.75 Å². The Labute approximate surface area is 114 Å². The molecule has 0 amide bonds. The maximum absolute atomic E-state index is 12.2. The van der Waals surface area contributed by atoms with Gasteiger partial charge in [-0.05, 0) is 30.2 Å². The fraction of sp³-hybridized carbons (Fsp3) is 0.538. The number of nitrogens with two attached hydrogens (primary N) is 1. The fourth-order valence-corrected chi connectivity index (χ4v) is 2.03. The van der Waals surface area contributed by atoms with Crippen molar-refractivity contribution in [1.29, 1.82) is 0 Å². The molecule has 1 fully saturated rings. The molecule has 2 rings (SSSR count). The third-order valence-corrected chi connectivity index (χ3v) is 2.88. The standard InChI is InChI=1S/C13H16F3NO3/c1-8-2-9(4-10(3-8)20-13(14,15)16)5-19-12-7-18-6-11(12)17/h2-4,11-12H,5-7,17H2,1H3. The van der Waals surface area contributed by atoms with Gasteiger partial charge in [-0.3, -0.25) is 0 Å². The Kier molecular flexibility index (Phi) is 4.52. The van der Waals surface area contributed by atoms with Gasteiger partial charge in [0.1, 0.15) is 5.75 Å². The lowest BCUT2D eigenvalue weighted by molar-refractivity contribution is -0.274. The third-order valence-electron chi connectivity index (χ3n) is 2.88. The van der Waals surface area contributed by atoms with E-state index in [1.54, 1.807) is 13.0 Å². The van der Waals surface area contributed by atoms with E-state index in [2.05, 4.69) is 4.74 Å². The maximum Gasteiger partial charge on any atom is 0.573 e. The molecule has 1 saturated heterocycles. The van der Waals surface area contributed by atoms with E-state index >= 15 is 0 Å². The highest BCUT2D eigenvalue weighted by Gasteiger charge is 2.31. The molecule has 4 nitrogen and oxygen atoms in total. The van der Waals surface area contributed by atoms with Gasteiger partial charge in [0.2, 0.25) is 0 Å². The Balaban J connectivity index is 2.00. The van der Waals surface area contributed by atoms with Crippen LogP contribution < -0.4 is 10.5 Å². The molecule has 1 aliphatic heterocycles. The number of alkyl halides is 3. The van der Waals surface area contributed by atoms with Gasteiger partial charge in [-0.25, -0.2) is 0 Å². The van der Waals surface area contributed by atoms with Crippen LogP contribution in [0.3, 0.4) is 0 Å². The molecule has 7 heteroatoms. The second-order valence-electron chi connectivity index (χ2n) is 4.75. The van der Waals surface area contributed by atoms with E-state index in [0.29, 0.717) is 24.3 Å². The first-order valence-corrected chi connectivity index (χ1v) is 6.15. The van der Waals surface area contributed by atoms with Gasteiger partial charge < -0.3 is 19.9 Å². The van der Waals surface area contributed by atoms with E-state index < -0.39 is 6.36 Å². The van der Waals surface area contributed by atoms with Crippen molar-refractivity contribution in [3.05, 3.63) is 29.3 Å². The minimum absolute atomic E-state index is 0.164. The molecule has 2 N–H and O–H groups in total. The molecular weight excluding hydrogens is 275 g/mol. The molecule has 0 aliphatic carbocycles. The van der Waals surface area contributed by atoms with Gasteiger partial charge in [0, 0.05) is 0 Å². The predicted molar refractivity (Wildman–Crippen MR) is 65.2 cm³/mol. The van der Waals surface area contributed by atoms with E-state index in [4.69, 9.17) is 15.2 Å². The Bertz CT molecular complexity index is 465. The minimum atomic E-state index is -4.70. The highest BCUT2D eigenvalue weighted by molar-refractivity contribution is 5.33. The molecule has 20 heavy (non-hydrogen) atoms. The number of hydrogen-bond donors (Lipinski definition) is 1. The van der Waals surface area contributed by atoms with Crippen molar-refractivity contribution in [2.75, 3.05) is 13.2 Å². The van der Waals surface area contributed by atoms with Gasteiger partial charge in [-0.15, -0.1) is 13.2 Å². The van der Waals surface area contributed by atoms with Crippen LogP contribution in [0.5, 0.6) is 5.75 Å². The number of ether oxygens (including phenoxy) is 3. The Morgan fingerprint density at radius 3 is 2.65 bits per heavy atom. The van der Waals surface area contributed by atoms with E-state index in [1.807, 2.05) is 0 Å². The lowest BCUT2D eigenvalue weighted by Gasteiger charge is -2.16. The van der Waals surface area contributed by atoms with Crippen molar-refractivity contribution >= 4 is 0 Å². The van der Waals surface area contributed by atoms with Gasteiger partial charge >= 0.3 is 6.36 Å². The van der Waals surface area contributed by atoms with Gasteiger partial charge in [-0.1, -0.05) is 6.07 Å². The zero-order chi connectivity index (χ0) is 14.8. The molecule has 0 bridgehead atoms. The first-order chi connectivity index (χ1) is 9.33. The quantitative estimate of drug-likeness (QED) is 0.923. The fourth-order valence-electron chi connectivity index (χ4n) is 2.03. The second kappa shape index (κ2) is 5.99. The Morgan fingerprint density at radius 2 is 2.05 bits per heavy atom. The summed E-state index contributed by atoms with van der Waals surface area (Å²) >= 11 is 0. The van der Waals surface area contributed by atoms with E-state index in [1.165, 1.54) is 12.1 Å². The summed E-state index contributed by atoms with van der Waals surface area (Å²) in [6.45, 7) is 2.69. The average Bonchev–Trinajstić information content (AvgIpc) is 2.69. The maximum atomic E-state index is 12.2. The summed E-state index contributed by atoms with van der Waals surface area (Å²) in [5.74, 6) is -0.247. The first-order valence-electron chi connectivity index (χ1n) is 6.15. The van der Waals surface area contributed by atoms with Crippen LogP contribution in [0.25, 0.3) is 0 Å². The van der Waals surface area contributed by atoms with Crippen molar-refractivity contribution in [2.24, 2.45) is 5.73 Å². The number of aryl methyl sites for hydroxylation is 1. The minimum Gasteiger partial charge on any atom is -0.406 e. The second-order valence-corrected chi connectivity index (χ2v) is 4.75. The topological polar surface area (TPSA) is 53.7 Å². The summed E-state index contributed by atoms with van der Waals surface area (Å²) in [5.41, 5.74) is 7.03. The lowest BCUT2D eigenvalue weighted by Crippen LogP contribution is -2.34. The number of rotatable bonds is 4. The summed E-state index contributed by atoms with van der Waals surface area (Å²) in [7, 11) is 0. The molecule has 0 saturated carbocycles. The Morgan fingerprint density at radius 1 is 1.30 bits per heavy atom. The third kappa shape index (κ3) is 4.36. The van der Waals surface area contributed by atoms with Crippen LogP contribution in [0.2, 0.25) is 0 Å². The molecular formula is C13H16F3NO3. The SMILES string of the molecule is Cc1cc(COC2COCC2N)cc(OC(F)(F)F)c1. The smallest absolute Gasteiger partial charge is 0.406 e. The summed E-state index contributed by atoms with van der Waals surface area (Å²) < 4.78 is 51.2. The molecule has 0 radical (unpaired) electrons. The largest absolute Gasteiger partial charge is 0.573 e. The molecule has 1 aromatic rings. The van der Waals surface area contributed by atoms with E-state index in [-0.39, 0.29) is 24.5 Å². The zero-order valence-electron chi connectivity index (χ0n) is 10.9. The van der Waals surface area contributed by atoms with Crippen LogP contribution >= 0.6 is 0 Å². The highest BCUT2D eigenvalue weighted by atomic mass is 19.4. The molecule has 1 aromatic carbocycles. The van der Waals surface area contributed by atoms with Crippen LogP contribution in [-0.4, -0.2) is 31.7 Å². The predicted octanol–water partition coefficient (Wildman–Crippen LogP) is 2.14. The molecule has 2 atom stereocenters. The number of hydrogen-bond acceptors (Lipinski definition) is 4. The molecule has 1 aliphatic rings. The summed E-state index contributed by atoms with van der Waals surface area (Å²) in [6.07, 6.45) is -4.93. The van der Waals surface area contributed by atoms with Crippen LogP contribution in [0.4, 0.5) is 13.2 Å². The van der Waals surface area contributed by atoms with Crippen molar-refractivity contribution in [1.82, 2.24) is 0 Å². The summed E-state index contributed by atoms with van der Waals surface area (Å²) in [5, 5.41) is 0. The van der Waals surface area contributed by atoms with Crippen molar-refractivity contribution < 1.29 is 27.4 Å². The van der Waals surface area contributed by atoms with E-state index in [9.17, 15) is 13.2 Å². The van der Waals surface area contributed by atoms with Crippen molar-refractivity contribution in [3.63, 3.8) is 0 Å². The van der Waals surface area contributed by atoms with Gasteiger partial charge in [0.25, 0.3) is 0 Å².